The highest BCUT2D eigenvalue weighted by atomic mass is 16.5. The maximum absolute atomic E-state index is 11.5. The topological polar surface area (TPSA) is 54.7 Å². The predicted molar refractivity (Wildman–Crippen MR) is 79.1 cm³/mol. The first-order valence-electron chi connectivity index (χ1n) is 7.86. The molecule has 2 aliphatic rings. The molecule has 0 bridgehead atoms. The Labute approximate surface area is 125 Å². The van der Waals surface area contributed by atoms with Gasteiger partial charge in [-0.2, -0.15) is 0 Å². The predicted octanol–water partition coefficient (Wildman–Crippen LogP) is 2.17. The monoisotopic (exact) mass is 292 g/mol. The summed E-state index contributed by atoms with van der Waals surface area (Å²) < 4.78 is 10.3. The number of nitrogens with zero attached hydrogens (tertiary/aromatic N) is 1. The molecule has 5 nitrogen and oxygen atoms in total. The number of ether oxygens (including phenoxy) is 1. The number of methoxy groups -OCH3 is 1. The van der Waals surface area contributed by atoms with Crippen molar-refractivity contribution in [2.75, 3.05) is 26.7 Å². The van der Waals surface area contributed by atoms with E-state index in [-0.39, 0.29) is 5.54 Å². The number of piperazine rings is 1. The van der Waals surface area contributed by atoms with Gasteiger partial charge < -0.3 is 14.5 Å². The number of rotatable bonds is 3. The van der Waals surface area contributed by atoms with Crippen LogP contribution in [0.1, 0.15) is 48.4 Å². The van der Waals surface area contributed by atoms with E-state index >= 15 is 0 Å². The first-order chi connectivity index (χ1) is 10.2. The highest BCUT2D eigenvalue weighted by Crippen LogP contribution is 2.35. The number of esters is 1. The fourth-order valence-corrected chi connectivity index (χ4v) is 3.70. The van der Waals surface area contributed by atoms with Crippen molar-refractivity contribution in [2.24, 2.45) is 0 Å². The van der Waals surface area contributed by atoms with Crippen LogP contribution in [0.3, 0.4) is 0 Å². The van der Waals surface area contributed by atoms with E-state index in [9.17, 15) is 4.79 Å². The Balaban J connectivity index is 1.72. The number of hydrogen-bond donors (Lipinski definition) is 1. The smallest absolute Gasteiger partial charge is 0.373 e. The van der Waals surface area contributed by atoms with Crippen molar-refractivity contribution in [3.8, 4) is 0 Å². The second-order valence-corrected chi connectivity index (χ2v) is 6.14. The van der Waals surface area contributed by atoms with Crippen molar-refractivity contribution in [2.45, 2.75) is 44.2 Å². The summed E-state index contributed by atoms with van der Waals surface area (Å²) in [7, 11) is 1.37. The summed E-state index contributed by atoms with van der Waals surface area (Å²) in [6, 6.07) is 3.60. The van der Waals surface area contributed by atoms with E-state index in [4.69, 9.17) is 9.15 Å². The van der Waals surface area contributed by atoms with Gasteiger partial charge >= 0.3 is 5.97 Å². The molecule has 1 aromatic heterocycles. The molecule has 1 aliphatic heterocycles. The molecule has 1 N–H and O–H groups in total. The zero-order valence-electron chi connectivity index (χ0n) is 12.7. The van der Waals surface area contributed by atoms with Crippen LogP contribution in [0.4, 0.5) is 0 Å². The minimum absolute atomic E-state index is 0.273. The van der Waals surface area contributed by atoms with Gasteiger partial charge in [-0.25, -0.2) is 4.79 Å². The Kier molecular flexibility index (Phi) is 4.31. The minimum Gasteiger partial charge on any atom is -0.463 e. The molecule has 1 spiro atoms. The number of carbonyl (C=O) groups excluding carboxylic acids is 1. The quantitative estimate of drug-likeness (QED) is 0.865. The highest BCUT2D eigenvalue weighted by molar-refractivity contribution is 5.86. The molecule has 1 saturated heterocycles. The molecule has 0 amide bonds. The number of nitrogens with one attached hydrogen (secondary N) is 1. The number of carbonyl (C=O) groups is 1. The van der Waals surface area contributed by atoms with Crippen LogP contribution < -0.4 is 5.32 Å². The van der Waals surface area contributed by atoms with Crippen molar-refractivity contribution in [1.82, 2.24) is 10.2 Å². The SMILES string of the molecule is COC(=O)c1ccc(CN2CCNCC23CCCCC3)o1. The van der Waals surface area contributed by atoms with E-state index < -0.39 is 5.97 Å². The van der Waals surface area contributed by atoms with Gasteiger partial charge in [-0.15, -0.1) is 0 Å². The molecule has 0 atom stereocenters. The van der Waals surface area contributed by atoms with Gasteiger partial charge in [0.05, 0.1) is 13.7 Å². The van der Waals surface area contributed by atoms with Gasteiger partial charge in [-0.05, 0) is 25.0 Å². The molecule has 0 radical (unpaired) electrons. The van der Waals surface area contributed by atoms with Gasteiger partial charge in [0.1, 0.15) is 5.76 Å². The Morgan fingerprint density at radius 1 is 1.38 bits per heavy atom. The van der Waals surface area contributed by atoms with Crippen molar-refractivity contribution in [3.05, 3.63) is 23.7 Å². The van der Waals surface area contributed by atoms with Gasteiger partial charge in [0.2, 0.25) is 5.76 Å². The molecule has 2 heterocycles. The van der Waals surface area contributed by atoms with E-state index in [0.717, 1.165) is 31.9 Å². The van der Waals surface area contributed by atoms with E-state index in [1.165, 1.54) is 39.2 Å². The van der Waals surface area contributed by atoms with Crippen molar-refractivity contribution in [3.63, 3.8) is 0 Å². The summed E-state index contributed by atoms with van der Waals surface area (Å²) in [4.78, 5) is 14.0. The van der Waals surface area contributed by atoms with E-state index in [0.29, 0.717) is 5.76 Å². The molecule has 5 heteroatoms. The molecular weight excluding hydrogens is 268 g/mol. The van der Waals surface area contributed by atoms with Crippen LogP contribution >= 0.6 is 0 Å². The van der Waals surface area contributed by atoms with E-state index in [1.807, 2.05) is 6.07 Å². The number of furan rings is 1. The molecular formula is C16H24N2O3. The van der Waals surface area contributed by atoms with Gasteiger partial charge in [0.25, 0.3) is 0 Å². The Hall–Kier alpha value is -1.33. The number of hydrogen-bond acceptors (Lipinski definition) is 5. The second-order valence-electron chi connectivity index (χ2n) is 6.14. The summed E-state index contributed by atoms with van der Waals surface area (Å²) in [5.41, 5.74) is 0.273. The summed E-state index contributed by atoms with van der Waals surface area (Å²) in [6.45, 7) is 3.90. The van der Waals surface area contributed by atoms with Gasteiger partial charge in [0, 0.05) is 25.2 Å². The van der Waals surface area contributed by atoms with Crippen molar-refractivity contribution < 1.29 is 13.9 Å². The summed E-state index contributed by atoms with van der Waals surface area (Å²) in [5.74, 6) is 0.733. The van der Waals surface area contributed by atoms with Gasteiger partial charge in [-0.1, -0.05) is 19.3 Å². The van der Waals surface area contributed by atoms with Crippen molar-refractivity contribution in [1.29, 1.82) is 0 Å². The molecule has 3 rings (SSSR count). The largest absolute Gasteiger partial charge is 0.463 e. The minimum atomic E-state index is -0.408. The van der Waals surface area contributed by atoms with Crippen LogP contribution in [0.15, 0.2) is 16.5 Å². The molecule has 0 aromatic carbocycles. The van der Waals surface area contributed by atoms with Crippen molar-refractivity contribution >= 4 is 5.97 Å². The van der Waals surface area contributed by atoms with E-state index in [2.05, 4.69) is 10.2 Å². The first kappa shape index (κ1) is 14.6. The lowest BCUT2D eigenvalue weighted by Gasteiger charge is -2.49. The lowest BCUT2D eigenvalue weighted by molar-refractivity contribution is 0.0155. The van der Waals surface area contributed by atoms with Crippen LogP contribution in [-0.4, -0.2) is 43.2 Å². The second kappa shape index (κ2) is 6.20. The zero-order valence-corrected chi connectivity index (χ0v) is 12.7. The Morgan fingerprint density at radius 2 is 2.19 bits per heavy atom. The summed E-state index contributed by atoms with van der Waals surface area (Å²) >= 11 is 0. The third-order valence-corrected chi connectivity index (χ3v) is 4.86. The van der Waals surface area contributed by atoms with E-state index in [1.54, 1.807) is 6.07 Å². The first-order valence-corrected chi connectivity index (χ1v) is 7.86. The van der Waals surface area contributed by atoms with Crippen LogP contribution in [0, 0.1) is 0 Å². The molecule has 1 aromatic rings. The summed E-state index contributed by atoms with van der Waals surface area (Å²) in [5, 5.41) is 3.55. The molecule has 1 aliphatic carbocycles. The van der Waals surface area contributed by atoms with Gasteiger partial charge in [-0.3, -0.25) is 4.90 Å². The molecule has 116 valence electrons. The lowest BCUT2D eigenvalue weighted by Crippen LogP contribution is -2.61. The third kappa shape index (κ3) is 2.99. The zero-order chi connectivity index (χ0) is 14.7. The Morgan fingerprint density at radius 3 is 2.95 bits per heavy atom. The fraction of sp³-hybridized carbons (Fsp3) is 0.688. The van der Waals surface area contributed by atoms with Crippen LogP contribution in [-0.2, 0) is 11.3 Å². The standard InChI is InChI=1S/C16H24N2O3/c1-20-15(19)14-6-5-13(21-14)11-18-10-9-17-12-16(18)7-3-2-4-8-16/h5-6,17H,2-4,7-12H2,1H3. The molecule has 0 unspecified atom stereocenters. The average molecular weight is 292 g/mol. The van der Waals surface area contributed by atoms with Crippen LogP contribution in [0.25, 0.3) is 0 Å². The third-order valence-electron chi connectivity index (χ3n) is 4.86. The lowest BCUT2D eigenvalue weighted by atomic mass is 9.79. The maximum Gasteiger partial charge on any atom is 0.373 e. The molecule has 21 heavy (non-hydrogen) atoms. The normalized spacial score (nSPS) is 22.3. The van der Waals surface area contributed by atoms with Crippen LogP contribution in [0.2, 0.25) is 0 Å². The average Bonchev–Trinajstić information content (AvgIpc) is 2.98. The highest BCUT2D eigenvalue weighted by Gasteiger charge is 2.39. The summed E-state index contributed by atoms with van der Waals surface area (Å²) in [6.07, 6.45) is 6.48. The van der Waals surface area contributed by atoms with Crippen LogP contribution in [0.5, 0.6) is 0 Å². The van der Waals surface area contributed by atoms with Gasteiger partial charge in [0.15, 0.2) is 0 Å². The molecule has 1 saturated carbocycles. The maximum atomic E-state index is 11.5. The fourth-order valence-electron chi connectivity index (χ4n) is 3.70. The Bertz CT molecular complexity index is 483. The molecule has 2 fully saturated rings.